The second-order valence-corrected chi connectivity index (χ2v) is 10.4. The normalized spacial score (nSPS) is 14.9. The summed E-state index contributed by atoms with van der Waals surface area (Å²) in [5.41, 5.74) is 1.56. The first-order valence-electron chi connectivity index (χ1n) is 11.7. The zero-order chi connectivity index (χ0) is 25.7. The lowest BCUT2D eigenvalue weighted by molar-refractivity contribution is 0.203. The SMILES string of the molecule is COc1ccc(CN2CCC(N(c3ccccc3)S(=O)(=O)c3ccc(F)cc3)CC2)c(OC)c1OC. The van der Waals surface area contributed by atoms with E-state index in [2.05, 4.69) is 4.90 Å². The fraction of sp³-hybridized carbons (Fsp3) is 0.333. The van der Waals surface area contributed by atoms with Crippen molar-refractivity contribution in [2.24, 2.45) is 0 Å². The van der Waals surface area contributed by atoms with Crippen LogP contribution in [0.5, 0.6) is 17.2 Å². The zero-order valence-electron chi connectivity index (χ0n) is 20.7. The number of ether oxygens (including phenoxy) is 3. The topological polar surface area (TPSA) is 68.3 Å². The summed E-state index contributed by atoms with van der Waals surface area (Å²) in [5.74, 6) is 1.30. The van der Waals surface area contributed by atoms with Crippen molar-refractivity contribution >= 4 is 15.7 Å². The molecule has 1 aliphatic rings. The number of anilines is 1. The molecule has 1 saturated heterocycles. The van der Waals surface area contributed by atoms with E-state index in [1.54, 1.807) is 33.5 Å². The van der Waals surface area contributed by atoms with Crippen LogP contribution in [0.15, 0.2) is 71.6 Å². The van der Waals surface area contributed by atoms with Crippen molar-refractivity contribution in [1.82, 2.24) is 4.90 Å². The van der Waals surface area contributed by atoms with Crippen LogP contribution >= 0.6 is 0 Å². The van der Waals surface area contributed by atoms with Gasteiger partial charge in [-0.1, -0.05) is 24.3 Å². The lowest BCUT2D eigenvalue weighted by atomic mass is 10.0. The Balaban J connectivity index is 1.55. The van der Waals surface area contributed by atoms with Crippen molar-refractivity contribution in [2.45, 2.75) is 30.3 Å². The molecule has 1 aliphatic heterocycles. The Bertz CT molecular complexity index is 1260. The molecule has 0 bridgehead atoms. The zero-order valence-corrected chi connectivity index (χ0v) is 21.5. The van der Waals surface area contributed by atoms with Crippen molar-refractivity contribution in [2.75, 3.05) is 38.7 Å². The predicted octanol–water partition coefficient (Wildman–Crippen LogP) is 4.71. The number of para-hydroxylation sites is 1. The third-order valence-electron chi connectivity index (χ3n) is 6.45. The van der Waals surface area contributed by atoms with Gasteiger partial charge < -0.3 is 14.2 Å². The van der Waals surface area contributed by atoms with E-state index in [9.17, 15) is 12.8 Å². The highest BCUT2D eigenvalue weighted by molar-refractivity contribution is 7.92. The number of methoxy groups -OCH3 is 3. The van der Waals surface area contributed by atoms with E-state index in [0.717, 1.165) is 5.56 Å². The molecule has 0 aromatic heterocycles. The second kappa shape index (κ2) is 11.2. The molecule has 1 fully saturated rings. The molecule has 0 saturated carbocycles. The molecule has 0 aliphatic carbocycles. The van der Waals surface area contributed by atoms with Gasteiger partial charge in [-0.15, -0.1) is 0 Å². The van der Waals surface area contributed by atoms with E-state index >= 15 is 0 Å². The molecule has 192 valence electrons. The Kier molecular flexibility index (Phi) is 8.01. The molecular formula is C27H31FN2O5S. The summed E-state index contributed by atoms with van der Waals surface area (Å²) < 4.78 is 58.8. The van der Waals surface area contributed by atoms with Crippen LogP contribution in [-0.4, -0.2) is 53.8 Å². The molecule has 0 spiro atoms. The predicted molar refractivity (Wildman–Crippen MR) is 137 cm³/mol. The highest BCUT2D eigenvalue weighted by atomic mass is 32.2. The number of nitrogens with zero attached hydrogens (tertiary/aromatic N) is 2. The summed E-state index contributed by atoms with van der Waals surface area (Å²) in [6.07, 6.45) is 1.29. The maximum Gasteiger partial charge on any atom is 0.264 e. The molecule has 0 radical (unpaired) electrons. The summed E-state index contributed by atoms with van der Waals surface area (Å²) in [7, 11) is 0.888. The van der Waals surface area contributed by atoms with Gasteiger partial charge in [-0.25, -0.2) is 12.8 Å². The Morgan fingerprint density at radius 1 is 0.861 bits per heavy atom. The van der Waals surface area contributed by atoms with Gasteiger partial charge in [0.05, 0.1) is 31.9 Å². The average molecular weight is 515 g/mol. The monoisotopic (exact) mass is 514 g/mol. The number of hydrogen-bond donors (Lipinski definition) is 0. The molecule has 1 heterocycles. The number of sulfonamides is 1. The van der Waals surface area contributed by atoms with Gasteiger partial charge in [-0.05, 0) is 55.3 Å². The summed E-state index contributed by atoms with van der Waals surface area (Å²) in [6.45, 7) is 2.03. The number of rotatable bonds is 9. The summed E-state index contributed by atoms with van der Waals surface area (Å²) >= 11 is 0. The van der Waals surface area contributed by atoms with Gasteiger partial charge in [0.15, 0.2) is 11.5 Å². The average Bonchev–Trinajstić information content (AvgIpc) is 2.90. The number of piperidine rings is 1. The first-order chi connectivity index (χ1) is 17.4. The Labute approximate surface area is 212 Å². The maximum atomic E-state index is 13.7. The van der Waals surface area contributed by atoms with E-state index in [4.69, 9.17) is 14.2 Å². The first kappa shape index (κ1) is 25.8. The molecule has 7 nitrogen and oxygen atoms in total. The largest absolute Gasteiger partial charge is 0.493 e. The van der Waals surface area contributed by atoms with Gasteiger partial charge in [0.2, 0.25) is 5.75 Å². The van der Waals surface area contributed by atoms with E-state index in [1.807, 2.05) is 30.3 Å². The Morgan fingerprint density at radius 3 is 2.08 bits per heavy atom. The highest BCUT2D eigenvalue weighted by Crippen LogP contribution is 2.40. The van der Waals surface area contributed by atoms with Gasteiger partial charge in [0.1, 0.15) is 5.82 Å². The molecule has 36 heavy (non-hydrogen) atoms. The van der Waals surface area contributed by atoms with Gasteiger partial charge >= 0.3 is 0 Å². The number of likely N-dealkylation sites (tertiary alicyclic amines) is 1. The number of benzene rings is 3. The van der Waals surface area contributed by atoms with Crippen molar-refractivity contribution in [1.29, 1.82) is 0 Å². The third-order valence-corrected chi connectivity index (χ3v) is 8.34. The summed E-state index contributed by atoms with van der Waals surface area (Å²) in [5, 5.41) is 0. The summed E-state index contributed by atoms with van der Waals surface area (Å²) in [4.78, 5) is 2.35. The fourth-order valence-electron chi connectivity index (χ4n) is 4.68. The Morgan fingerprint density at radius 2 is 1.50 bits per heavy atom. The first-order valence-corrected chi connectivity index (χ1v) is 13.2. The van der Waals surface area contributed by atoms with Crippen LogP contribution in [0.2, 0.25) is 0 Å². The van der Waals surface area contributed by atoms with Crippen LogP contribution in [0.25, 0.3) is 0 Å². The minimum atomic E-state index is -3.88. The summed E-state index contributed by atoms with van der Waals surface area (Å²) in [6, 6.07) is 17.7. The van der Waals surface area contributed by atoms with Gasteiger partial charge in [0.25, 0.3) is 10.0 Å². The van der Waals surface area contributed by atoms with Crippen molar-refractivity contribution < 1.29 is 27.0 Å². The van der Waals surface area contributed by atoms with E-state index in [1.165, 1.54) is 28.6 Å². The van der Waals surface area contributed by atoms with Crippen molar-refractivity contribution in [3.8, 4) is 17.2 Å². The molecule has 4 rings (SSSR count). The van der Waals surface area contributed by atoms with Crippen LogP contribution in [0, 0.1) is 5.82 Å². The van der Waals surface area contributed by atoms with E-state index in [-0.39, 0.29) is 10.9 Å². The fourth-order valence-corrected chi connectivity index (χ4v) is 6.39. The molecule has 3 aromatic rings. The minimum Gasteiger partial charge on any atom is -0.493 e. The van der Waals surface area contributed by atoms with Crippen LogP contribution in [0.1, 0.15) is 18.4 Å². The second-order valence-electron chi connectivity index (χ2n) is 8.59. The highest BCUT2D eigenvalue weighted by Gasteiger charge is 2.34. The molecular weight excluding hydrogens is 483 g/mol. The molecule has 0 atom stereocenters. The molecule has 0 N–H and O–H groups in total. The van der Waals surface area contributed by atoms with Crippen molar-refractivity contribution in [3.05, 3.63) is 78.1 Å². The van der Waals surface area contributed by atoms with Crippen LogP contribution in [0.3, 0.4) is 0 Å². The molecule has 0 unspecified atom stereocenters. The minimum absolute atomic E-state index is 0.0743. The third kappa shape index (κ3) is 5.27. The van der Waals surface area contributed by atoms with E-state index in [0.29, 0.717) is 55.4 Å². The van der Waals surface area contributed by atoms with Gasteiger partial charge in [-0.3, -0.25) is 9.21 Å². The lowest BCUT2D eigenvalue weighted by Gasteiger charge is -2.39. The maximum absolute atomic E-state index is 13.7. The van der Waals surface area contributed by atoms with Gasteiger partial charge in [-0.2, -0.15) is 0 Å². The molecule has 3 aromatic carbocycles. The number of halogens is 1. The van der Waals surface area contributed by atoms with Crippen LogP contribution in [-0.2, 0) is 16.6 Å². The smallest absolute Gasteiger partial charge is 0.264 e. The van der Waals surface area contributed by atoms with E-state index < -0.39 is 15.8 Å². The lowest BCUT2D eigenvalue weighted by Crippen LogP contribution is -2.47. The molecule has 0 amide bonds. The quantitative estimate of drug-likeness (QED) is 0.412. The van der Waals surface area contributed by atoms with Crippen LogP contribution in [0.4, 0.5) is 10.1 Å². The Hall–Kier alpha value is -3.30. The van der Waals surface area contributed by atoms with Crippen LogP contribution < -0.4 is 18.5 Å². The standard InChI is InChI=1S/C27H31FN2O5S/c1-33-25-14-9-20(26(34-2)27(25)35-3)19-29-17-15-23(16-18-29)30(22-7-5-4-6-8-22)36(31,32)24-12-10-21(28)11-13-24/h4-14,23H,15-19H2,1-3H3. The van der Waals surface area contributed by atoms with Gasteiger partial charge in [0, 0.05) is 31.2 Å². The number of hydrogen-bond acceptors (Lipinski definition) is 6. The van der Waals surface area contributed by atoms with Crippen molar-refractivity contribution in [3.63, 3.8) is 0 Å². The molecule has 9 heteroatoms.